The van der Waals surface area contributed by atoms with Gasteiger partial charge in [-0.1, -0.05) is 29.8 Å². The van der Waals surface area contributed by atoms with E-state index in [9.17, 15) is 0 Å². The molecule has 0 saturated carbocycles. The van der Waals surface area contributed by atoms with Crippen molar-refractivity contribution in [2.75, 3.05) is 0 Å². The van der Waals surface area contributed by atoms with E-state index in [1.807, 2.05) is 0 Å². The molecule has 2 heterocycles. The molecule has 0 amide bonds. The van der Waals surface area contributed by atoms with Gasteiger partial charge in [-0.3, -0.25) is 0 Å². The third kappa shape index (κ3) is 1.57. The Bertz CT molecular complexity index is 880. The fraction of sp³-hybridized carbons (Fsp3) is 0.0588. The topological polar surface area (TPSA) is 31.6 Å². The van der Waals surface area contributed by atoms with Gasteiger partial charge in [0.2, 0.25) is 0 Å². The Morgan fingerprint density at radius 3 is 2.74 bits per heavy atom. The van der Waals surface area contributed by atoms with Crippen LogP contribution in [0.2, 0.25) is 0 Å². The summed E-state index contributed by atoms with van der Waals surface area (Å²) in [7, 11) is 0. The summed E-state index contributed by atoms with van der Waals surface area (Å²) in [6, 6.07) is 17.1. The van der Waals surface area contributed by atoms with Crippen molar-refractivity contribution in [2.45, 2.75) is 6.92 Å². The maximum absolute atomic E-state index is 3.50. The van der Waals surface area contributed by atoms with Crippen LogP contribution in [0.1, 0.15) is 5.56 Å². The number of H-pyrrole nitrogens is 2. The number of para-hydroxylation sites is 1. The number of aryl methyl sites for hydroxylation is 1. The van der Waals surface area contributed by atoms with Gasteiger partial charge in [0.1, 0.15) is 0 Å². The largest absolute Gasteiger partial charge is 0.360 e. The summed E-state index contributed by atoms with van der Waals surface area (Å²) in [5.74, 6) is 0. The zero-order valence-electron chi connectivity index (χ0n) is 10.7. The second kappa shape index (κ2) is 3.75. The van der Waals surface area contributed by atoms with Crippen LogP contribution in [-0.4, -0.2) is 9.97 Å². The molecule has 0 aliphatic carbocycles. The first-order valence-corrected chi connectivity index (χ1v) is 6.47. The van der Waals surface area contributed by atoms with Crippen LogP contribution < -0.4 is 0 Å². The Kier molecular flexibility index (Phi) is 2.06. The summed E-state index contributed by atoms with van der Waals surface area (Å²) in [6.45, 7) is 2.12. The van der Waals surface area contributed by atoms with Crippen LogP contribution in [0.4, 0.5) is 0 Å². The predicted octanol–water partition coefficient (Wildman–Crippen LogP) is 4.62. The van der Waals surface area contributed by atoms with Crippen LogP contribution in [0.15, 0.2) is 54.7 Å². The Labute approximate surface area is 111 Å². The lowest BCUT2D eigenvalue weighted by molar-refractivity contribution is 1.43. The number of benzene rings is 2. The molecule has 2 nitrogen and oxygen atoms in total. The number of rotatable bonds is 1. The first kappa shape index (κ1) is 10.4. The molecular weight excluding hydrogens is 232 g/mol. The van der Waals surface area contributed by atoms with E-state index in [4.69, 9.17) is 0 Å². The minimum absolute atomic E-state index is 1.16. The molecule has 4 rings (SSSR count). The second-order valence-electron chi connectivity index (χ2n) is 5.02. The Balaban J connectivity index is 1.99. The fourth-order valence-corrected chi connectivity index (χ4v) is 2.69. The van der Waals surface area contributed by atoms with Crippen LogP contribution in [0.25, 0.3) is 33.1 Å². The molecule has 4 aromatic rings. The van der Waals surface area contributed by atoms with Crippen molar-refractivity contribution in [2.24, 2.45) is 0 Å². The summed E-state index contributed by atoms with van der Waals surface area (Å²) in [6.07, 6.45) is 2.07. The van der Waals surface area contributed by atoms with E-state index in [-0.39, 0.29) is 0 Å². The Morgan fingerprint density at radius 2 is 1.79 bits per heavy atom. The first-order chi connectivity index (χ1) is 9.31. The molecule has 2 heteroatoms. The summed E-state index contributed by atoms with van der Waals surface area (Å²) >= 11 is 0. The van der Waals surface area contributed by atoms with Crippen molar-refractivity contribution in [3.05, 3.63) is 60.3 Å². The SMILES string of the molecule is Cc1ccc2[nH]c(-c3c[nH]c4ccccc34)cc2c1. The standard InChI is InChI=1S/C17H14N2/c1-11-6-7-15-12(8-11)9-17(19-15)14-10-18-16-5-3-2-4-13(14)16/h2-10,18-19H,1H3. The van der Waals surface area contributed by atoms with Gasteiger partial charge in [-0.25, -0.2) is 0 Å². The minimum Gasteiger partial charge on any atom is -0.360 e. The quantitative estimate of drug-likeness (QED) is 0.491. The van der Waals surface area contributed by atoms with Crippen LogP contribution in [0.3, 0.4) is 0 Å². The van der Waals surface area contributed by atoms with Crippen molar-refractivity contribution in [1.82, 2.24) is 9.97 Å². The molecule has 0 atom stereocenters. The van der Waals surface area contributed by atoms with Gasteiger partial charge in [0.25, 0.3) is 0 Å². The van der Waals surface area contributed by atoms with Crippen LogP contribution in [0, 0.1) is 6.92 Å². The summed E-state index contributed by atoms with van der Waals surface area (Å²) in [4.78, 5) is 6.82. The van der Waals surface area contributed by atoms with E-state index in [2.05, 4.69) is 71.6 Å². The van der Waals surface area contributed by atoms with Gasteiger partial charge in [0.15, 0.2) is 0 Å². The van der Waals surface area contributed by atoms with Crippen molar-refractivity contribution in [3.8, 4) is 11.3 Å². The van der Waals surface area contributed by atoms with Gasteiger partial charge in [-0.15, -0.1) is 0 Å². The van der Waals surface area contributed by atoms with Gasteiger partial charge in [-0.2, -0.15) is 0 Å². The van der Waals surface area contributed by atoms with E-state index in [0.717, 1.165) is 5.69 Å². The number of nitrogens with one attached hydrogen (secondary N) is 2. The van der Waals surface area contributed by atoms with Gasteiger partial charge < -0.3 is 9.97 Å². The highest BCUT2D eigenvalue weighted by Gasteiger charge is 2.08. The zero-order valence-corrected chi connectivity index (χ0v) is 10.7. The smallest absolute Gasteiger partial charge is 0.0486 e. The number of hydrogen-bond donors (Lipinski definition) is 2. The average molecular weight is 246 g/mol. The third-order valence-corrected chi connectivity index (χ3v) is 3.66. The van der Waals surface area contributed by atoms with E-state index in [1.54, 1.807) is 0 Å². The monoisotopic (exact) mass is 246 g/mol. The van der Waals surface area contributed by atoms with Gasteiger partial charge in [0.05, 0.1) is 0 Å². The molecule has 2 aromatic carbocycles. The van der Waals surface area contributed by atoms with Crippen LogP contribution in [0.5, 0.6) is 0 Å². The number of fused-ring (bicyclic) bond motifs is 2. The van der Waals surface area contributed by atoms with Crippen molar-refractivity contribution in [3.63, 3.8) is 0 Å². The maximum atomic E-state index is 3.50. The molecule has 0 fully saturated rings. The molecule has 0 saturated heterocycles. The van der Waals surface area contributed by atoms with Crippen LogP contribution in [-0.2, 0) is 0 Å². The molecule has 0 aliphatic rings. The molecule has 0 aliphatic heterocycles. The molecule has 2 N–H and O–H groups in total. The lowest BCUT2D eigenvalue weighted by Gasteiger charge is -1.94. The highest BCUT2D eigenvalue weighted by Crippen LogP contribution is 2.30. The molecule has 0 spiro atoms. The molecule has 2 aromatic heterocycles. The highest BCUT2D eigenvalue weighted by atomic mass is 14.7. The molecular formula is C17H14N2. The van der Waals surface area contributed by atoms with Gasteiger partial charge in [0, 0.05) is 39.3 Å². The van der Waals surface area contributed by atoms with Gasteiger partial charge in [-0.05, 0) is 31.2 Å². The lowest BCUT2D eigenvalue weighted by atomic mass is 10.1. The molecule has 19 heavy (non-hydrogen) atoms. The van der Waals surface area contributed by atoms with E-state index >= 15 is 0 Å². The first-order valence-electron chi connectivity index (χ1n) is 6.47. The molecule has 92 valence electrons. The van der Waals surface area contributed by atoms with E-state index < -0.39 is 0 Å². The van der Waals surface area contributed by atoms with E-state index in [1.165, 1.54) is 32.9 Å². The van der Waals surface area contributed by atoms with E-state index in [0.29, 0.717) is 0 Å². The number of aromatic amines is 2. The minimum atomic E-state index is 1.16. The Morgan fingerprint density at radius 1 is 0.895 bits per heavy atom. The predicted molar refractivity (Wildman–Crippen MR) is 80.3 cm³/mol. The number of aromatic nitrogens is 2. The summed E-state index contributed by atoms with van der Waals surface area (Å²) < 4.78 is 0. The summed E-state index contributed by atoms with van der Waals surface area (Å²) in [5.41, 5.74) is 6.04. The highest BCUT2D eigenvalue weighted by molar-refractivity contribution is 5.97. The normalized spacial score (nSPS) is 11.4. The lowest BCUT2D eigenvalue weighted by Crippen LogP contribution is -1.74. The fourth-order valence-electron chi connectivity index (χ4n) is 2.69. The Hall–Kier alpha value is -2.48. The van der Waals surface area contributed by atoms with Crippen LogP contribution >= 0.6 is 0 Å². The average Bonchev–Trinajstić information content (AvgIpc) is 3.00. The zero-order chi connectivity index (χ0) is 12.8. The van der Waals surface area contributed by atoms with Crippen molar-refractivity contribution >= 4 is 21.8 Å². The summed E-state index contributed by atoms with van der Waals surface area (Å²) in [5, 5.41) is 2.52. The molecule has 0 radical (unpaired) electrons. The van der Waals surface area contributed by atoms with Crippen molar-refractivity contribution < 1.29 is 0 Å². The molecule has 0 bridgehead atoms. The van der Waals surface area contributed by atoms with Gasteiger partial charge >= 0.3 is 0 Å². The third-order valence-electron chi connectivity index (χ3n) is 3.66. The second-order valence-corrected chi connectivity index (χ2v) is 5.02. The number of hydrogen-bond acceptors (Lipinski definition) is 0. The maximum Gasteiger partial charge on any atom is 0.0486 e. The van der Waals surface area contributed by atoms with Crippen molar-refractivity contribution in [1.29, 1.82) is 0 Å². The molecule has 0 unspecified atom stereocenters.